The topological polar surface area (TPSA) is 83.6 Å². The molecule has 0 radical (unpaired) electrons. The highest BCUT2D eigenvalue weighted by molar-refractivity contribution is 5.92. The standard InChI is InChI=1S/C10H11N5O/c1-7-3-2-4-8(14-7)10(16)11-5-9-12-6-13-15-9/h2-4,6H,5H2,1H3,(H,11,16)(H,12,13,15). The van der Waals surface area contributed by atoms with Gasteiger partial charge in [-0.25, -0.2) is 9.97 Å². The van der Waals surface area contributed by atoms with Gasteiger partial charge in [0, 0.05) is 5.69 Å². The third-order valence-corrected chi connectivity index (χ3v) is 2.00. The van der Waals surface area contributed by atoms with Gasteiger partial charge in [-0.1, -0.05) is 6.07 Å². The van der Waals surface area contributed by atoms with Crippen LogP contribution in [0, 0.1) is 6.92 Å². The lowest BCUT2D eigenvalue weighted by Crippen LogP contribution is -2.24. The van der Waals surface area contributed by atoms with Crippen molar-refractivity contribution in [3.05, 3.63) is 41.7 Å². The van der Waals surface area contributed by atoms with Crippen LogP contribution in [0.4, 0.5) is 0 Å². The lowest BCUT2D eigenvalue weighted by molar-refractivity contribution is 0.0944. The van der Waals surface area contributed by atoms with E-state index in [-0.39, 0.29) is 5.91 Å². The smallest absolute Gasteiger partial charge is 0.270 e. The van der Waals surface area contributed by atoms with Gasteiger partial charge in [-0.05, 0) is 19.1 Å². The van der Waals surface area contributed by atoms with E-state index in [9.17, 15) is 4.79 Å². The molecule has 6 heteroatoms. The van der Waals surface area contributed by atoms with Gasteiger partial charge >= 0.3 is 0 Å². The maximum Gasteiger partial charge on any atom is 0.270 e. The van der Waals surface area contributed by atoms with Crippen molar-refractivity contribution in [1.82, 2.24) is 25.5 Å². The summed E-state index contributed by atoms with van der Waals surface area (Å²) >= 11 is 0. The number of carbonyl (C=O) groups is 1. The summed E-state index contributed by atoms with van der Waals surface area (Å²) in [6.45, 7) is 2.15. The molecule has 0 saturated heterocycles. The molecular weight excluding hydrogens is 206 g/mol. The second kappa shape index (κ2) is 4.52. The Morgan fingerprint density at radius 2 is 2.38 bits per heavy atom. The van der Waals surface area contributed by atoms with Gasteiger partial charge in [0.05, 0.1) is 6.54 Å². The van der Waals surface area contributed by atoms with Gasteiger partial charge in [0.25, 0.3) is 5.91 Å². The number of aryl methyl sites for hydroxylation is 1. The summed E-state index contributed by atoms with van der Waals surface area (Å²) < 4.78 is 0. The van der Waals surface area contributed by atoms with Crippen LogP contribution in [0.2, 0.25) is 0 Å². The Labute approximate surface area is 92.1 Å². The number of pyridine rings is 1. The minimum Gasteiger partial charge on any atom is -0.343 e. The molecule has 2 N–H and O–H groups in total. The van der Waals surface area contributed by atoms with Gasteiger partial charge < -0.3 is 5.32 Å². The number of hydrogen-bond donors (Lipinski definition) is 2. The molecule has 0 spiro atoms. The predicted octanol–water partition coefficient (Wildman–Crippen LogP) is 0.438. The molecule has 2 aromatic heterocycles. The summed E-state index contributed by atoms with van der Waals surface area (Å²) in [6, 6.07) is 5.31. The molecule has 0 atom stereocenters. The van der Waals surface area contributed by atoms with Crippen LogP contribution in [0.3, 0.4) is 0 Å². The molecular formula is C10H11N5O. The van der Waals surface area contributed by atoms with Crippen molar-refractivity contribution in [1.29, 1.82) is 0 Å². The molecule has 0 bridgehead atoms. The van der Waals surface area contributed by atoms with Gasteiger partial charge in [-0.15, -0.1) is 0 Å². The number of rotatable bonds is 3. The molecule has 0 aliphatic heterocycles. The van der Waals surface area contributed by atoms with Crippen molar-refractivity contribution < 1.29 is 4.79 Å². The second-order valence-electron chi connectivity index (χ2n) is 3.28. The van der Waals surface area contributed by atoms with E-state index >= 15 is 0 Å². The lowest BCUT2D eigenvalue weighted by Gasteiger charge is -2.02. The van der Waals surface area contributed by atoms with Gasteiger partial charge in [0.1, 0.15) is 17.8 Å². The second-order valence-corrected chi connectivity index (χ2v) is 3.28. The molecule has 0 fully saturated rings. The number of carbonyl (C=O) groups excluding carboxylic acids is 1. The van der Waals surface area contributed by atoms with Crippen molar-refractivity contribution >= 4 is 5.91 Å². The van der Waals surface area contributed by atoms with Crippen molar-refractivity contribution in [2.45, 2.75) is 13.5 Å². The third-order valence-electron chi connectivity index (χ3n) is 2.00. The van der Waals surface area contributed by atoms with Gasteiger partial charge in [-0.2, -0.15) is 5.10 Å². The number of aromatic amines is 1. The average molecular weight is 217 g/mol. The number of nitrogens with one attached hydrogen (secondary N) is 2. The van der Waals surface area contributed by atoms with E-state index in [1.807, 2.05) is 13.0 Å². The van der Waals surface area contributed by atoms with E-state index in [1.54, 1.807) is 12.1 Å². The third kappa shape index (κ3) is 2.41. The zero-order valence-electron chi connectivity index (χ0n) is 8.77. The van der Waals surface area contributed by atoms with Crippen LogP contribution in [0.25, 0.3) is 0 Å². The Morgan fingerprint density at radius 3 is 3.06 bits per heavy atom. The van der Waals surface area contributed by atoms with Crippen LogP contribution >= 0.6 is 0 Å². The summed E-state index contributed by atoms with van der Waals surface area (Å²) in [7, 11) is 0. The van der Waals surface area contributed by atoms with Crippen molar-refractivity contribution in [2.75, 3.05) is 0 Å². The number of amides is 1. The summed E-state index contributed by atoms with van der Waals surface area (Å²) in [5.41, 5.74) is 1.21. The Balaban J connectivity index is 1.98. The fourth-order valence-corrected chi connectivity index (χ4v) is 1.24. The highest BCUT2D eigenvalue weighted by Gasteiger charge is 2.07. The van der Waals surface area contributed by atoms with Gasteiger partial charge in [0.15, 0.2) is 0 Å². The maximum atomic E-state index is 11.7. The van der Waals surface area contributed by atoms with Gasteiger partial charge in [-0.3, -0.25) is 9.89 Å². The molecule has 16 heavy (non-hydrogen) atoms. The van der Waals surface area contributed by atoms with E-state index < -0.39 is 0 Å². The van der Waals surface area contributed by atoms with E-state index in [2.05, 4.69) is 25.5 Å². The van der Waals surface area contributed by atoms with E-state index in [0.717, 1.165) is 5.69 Å². The Bertz CT molecular complexity index is 480. The van der Waals surface area contributed by atoms with Crippen molar-refractivity contribution in [2.24, 2.45) is 0 Å². The largest absolute Gasteiger partial charge is 0.343 e. The Hall–Kier alpha value is -2.24. The lowest BCUT2D eigenvalue weighted by atomic mass is 10.3. The van der Waals surface area contributed by atoms with Crippen LogP contribution < -0.4 is 5.32 Å². The molecule has 0 aliphatic carbocycles. The molecule has 0 aliphatic rings. The van der Waals surface area contributed by atoms with Crippen LogP contribution in [0.15, 0.2) is 24.5 Å². The van der Waals surface area contributed by atoms with Crippen LogP contribution in [0.1, 0.15) is 22.0 Å². The molecule has 2 heterocycles. The quantitative estimate of drug-likeness (QED) is 0.781. The normalized spacial score (nSPS) is 10.1. The summed E-state index contributed by atoms with van der Waals surface area (Å²) in [4.78, 5) is 19.7. The van der Waals surface area contributed by atoms with Crippen molar-refractivity contribution in [3.8, 4) is 0 Å². The highest BCUT2D eigenvalue weighted by atomic mass is 16.1. The Kier molecular flexibility index (Phi) is 2.90. The predicted molar refractivity (Wildman–Crippen MR) is 56.5 cm³/mol. The number of nitrogens with zero attached hydrogens (tertiary/aromatic N) is 3. The first kappa shape index (κ1) is 10.3. The summed E-state index contributed by atoms with van der Waals surface area (Å²) in [5.74, 6) is 0.390. The van der Waals surface area contributed by atoms with Crippen LogP contribution in [-0.4, -0.2) is 26.1 Å². The summed E-state index contributed by atoms with van der Waals surface area (Å²) in [6.07, 6.45) is 1.40. The molecule has 6 nitrogen and oxygen atoms in total. The number of aromatic nitrogens is 4. The fraction of sp³-hybridized carbons (Fsp3) is 0.200. The average Bonchev–Trinajstić information content (AvgIpc) is 2.78. The van der Waals surface area contributed by atoms with Gasteiger partial charge in [0.2, 0.25) is 0 Å². The van der Waals surface area contributed by atoms with Crippen molar-refractivity contribution in [3.63, 3.8) is 0 Å². The molecule has 1 amide bonds. The first-order valence-electron chi connectivity index (χ1n) is 4.82. The SMILES string of the molecule is Cc1cccc(C(=O)NCc2ncn[nH]2)n1. The molecule has 0 unspecified atom stereocenters. The Morgan fingerprint density at radius 1 is 1.50 bits per heavy atom. The fourth-order valence-electron chi connectivity index (χ4n) is 1.24. The number of hydrogen-bond acceptors (Lipinski definition) is 4. The molecule has 0 aromatic carbocycles. The van der Waals surface area contributed by atoms with Crippen LogP contribution in [-0.2, 0) is 6.54 Å². The highest BCUT2D eigenvalue weighted by Crippen LogP contribution is 1.98. The zero-order chi connectivity index (χ0) is 11.4. The number of H-pyrrole nitrogens is 1. The minimum atomic E-state index is -0.222. The van der Waals surface area contributed by atoms with E-state index in [0.29, 0.717) is 18.1 Å². The molecule has 82 valence electrons. The molecule has 2 rings (SSSR count). The summed E-state index contributed by atoms with van der Waals surface area (Å²) in [5, 5.41) is 9.04. The van der Waals surface area contributed by atoms with Crippen LogP contribution in [0.5, 0.6) is 0 Å². The minimum absolute atomic E-state index is 0.222. The monoisotopic (exact) mass is 217 g/mol. The first-order chi connectivity index (χ1) is 7.75. The molecule has 2 aromatic rings. The van der Waals surface area contributed by atoms with E-state index in [4.69, 9.17) is 0 Å². The first-order valence-corrected chi connectivity index (χ1v) is 4.82. The maximum absolute atomic E-state index is 11.7. The zero-order valence-corrected chi connectivity index (χ0v) is 8.77. The van der Waals surface area contributed by atoms with E-state index in [1.165, 1.54) is 6.33 Å². The molecule has 0 saturated carbocycles.